The summed E-state index contributed by atoms with van der Waals surface area (Å²) in [7, 11) is 0. The van der Waals surface area contributed by atoms with Crippen molar-refractivity contribution in [3.05, 3.63) is 48.3 Å². The zero-order chi connectivity index (χ0) is 12.4. The number of aliphatic hydroxyl groups is 1. The van der Waals surface area contributed by atoms with E-state index in [-0.39, 0.29) is 0 Å². The fourth-order valence-corrected chi connectivity index (χ4v) is 1.83. The van der Waals surface area contributed by atoms with E-state index in [1.54, 1.807) is 24.5 Å². The Bertz CT molecular complexity index is 583. The molecule has 0 aliphatic heterocycles. The minimum absolute atomic E-state index is 0.575. The van der Waals surface area contributed by atoms with E-state index in [0.29, 0.717) is 11.3 Å². The predicted molar refractivity (Wildman–Crippen MR) is 69.4 cm³/mol. The summed E-state index contributed by atoms with van der Waals surface area (Å²) in [4.78, 5) is 7.17. The number of allylic oxidation sites excluding steroid dienone is 1. The normalized spacial score (nSPS) is 13.9. The molecule has 0 fully saturated rings. The zero-order valence-electron chi connectivity index (χ0n) is 9.64. The van der Waals surface area contributed by atoms with Crippen LogP contribution in [-0.4, -0.2) is 15.1 Å². The highest BCUT2D eigenvalue weighted by atomic mass is 16.3. The van der Waals surface area contributed by atoms with Crippen LogP contribution in [-0.2, 0) is 0 Å². The minimum Gasteiger partial charge on any atom is -0.397 e. The van der Waals surface area contributed by atoms with Gasteiger partial charge in [-0.2, -0.15) is 0 Å². The van der Waals surface area contributed by atoms with Gasteiger partial charge in [0, 0.05) is 17.1 Å². The molecule has 1 atom stereocenters. The number of hydrogen-bond acceptors (Lipinski definition) is 3. The summed E-state index contributed by atoms with van der Waals surface area (Å²) in [6, 6.07) is 1.80. The van der Waals surface area contributed by atoms with Gasteiger partial charge in [-0.25, -0.2) is 4.98 Å². The summed E-state index contributed by atoms with van der Waals surface area (Å²) in [6.45, 7) is 5.54. The molecule has 0 aliphatic rings. The van der Waals surface area contributed by atoms with Gasteiger partial charge in [-0.05, 0) is 18.6 Å². The van der Waals surface area contributed by atoms with Crippen LogP contribution in [0.2, 0.25) is 0 Å². The van der Waals surface area contributed by atoms with Gasteiger partial charge in [0.15, 0.2) is 0 Å². The molecule has 2 heterocycles. The molecule has 17 heavy (non-hydrogen) atoms. The number of nitrogens with zero attached hydrogens (tertiary/aromatic N) is 1. The number of aromatic amines is 1. The smallest absolute Gasteiger partial charge is 0.137 e. The van der Waals surface area contributed by atoms with Gasteiger partial charge in [0.2, 0.25) is 0 Å². The molecule has 0 aromatic carbocycles. The van der Waals surface area contributed by atoms with Crippen LogP contribution in [0.5, 0.6) is 0 Å². The SMILES string of the molecule is C=CC(=CC)C(O)c1c[nH]c2ncc(N)cc12. The number of H-pyrrole nitrogens is 1. The van der Waals surface area contributed by atoms with Crippen LogP contribution in [0.25, 0.3) is 11.0 Å². The van der Waals surface area contributed by atoms with E-state index in [2.05, 4.69) is 16.5 Å². The maximum Gasteiger partial charge on any atom is 0.137 e. The number of aliphatic hydroxyl groups excluding tert-OH is 1. The van der Waals surface area contributed by atoms with E-state index in [4.69, 9.17) is 5.73 Å². The van der Waals surface area contributed by atoms with Gasteiger partial charge < -0.3 is 15.8 Å². The molecular weight excluding hydrogens is 214 g/mol. The number of rotatable bonds is 3. The molecule has 4 nitrogen and oxygen atoms in total. The van der Waals surface area contributed by atoms with E-state index < -0.39 is 6.10 Å². The third-order valence-corrected chi connectivity index (χ3v) is 2.76. The Hall–Kier alpha value is -2.07. The molecular formula is C13H15N3O. The highest BCUT2D eigenvalue weighted by molar-refractivity contribution is 5.83. The van der Waals surface area contributed by atoms with Gasteiger partial charge in [0.25, 0.3) is 0 Å². The average Bonchev–Trinajstić information content (AvgIpc) is 2.73. The van der Waals surface area contributed by atoms with Crippen molar-refractivity contribution in [3.8, 4) is 0 Å². The van der Waals surface area contributed by atoms with Crippen LogP contribution < -0.4 is 5.73 Å². The van der Waals surface area contributed by atoms with Crippen molar-refractivity contribution in [3.63, 3.8) is 0 Å². The fourth-order valence-electron chi connectivity index (χ4n) is 1.83. The minimum atomic E-state index is -0.713. The number of nitrogens with one attached hydrogen (secondary N) is 1. The number of anilines is 1. The summed E-state index contributed by atoms with van der Waals surface area (Å²) in [5, 5.41) is 11.1. The van der Waals surface area contributed by atoms with Gasteiger partial charge in [0.05, 0.1) is 11.9 Å². The monoisotopic (exact) mass is 229 g/mol. The maximum atomic E-state index is 10.2. The van der Waals surface area contributed by atoms with E-state index in [0.717, 1.165) is 16.5 Å². The maximum absolute atomic E-state index is 10.2. The second kappa shape index (κ2) is 4.43. The molecule has 0 saturated heterocycles. The van der Waals surface area contributed by atoms with E-state index >= 15 is 0 Å². The molecule has 2 rings (SSSR count). The van der Waals surface area contributed by atoms with E-state index in [1.807, 2.05) is 13.0 Å². The lowest BCUT2D eigenvalue weighted by Gasteiger charge is -2.10. The van der Waals surface area contributed by atoms with Crippen LogP contribution in [0.1, 0.15) is 18.6 Å². The van der Waals surface area contributed by atoms with Crippen LogP contribution >= 0.6 is 0 Å². The van der Waals surface area contributed by atoms with Gasteiger partial charge in [-0.3, -0.25) is 0 Å². The fraction of sp³-hybridized carbons (Fsp3) is 0.154. The Morgan fingerprint density at radius 3 is 3.06 bits per heavy atom. The Morgan fingerprint density at radius 1 is 1.65 bits per heavy atom. The second-order valence-electron chi connectivity index (χ2n) is 3.80. The first-order valence-electron chi connectivity index (χ1n) is 5.36. The van der Waals surface area contributed by atoms with Crippen molar-refractivity contribution in [2.45, 2.75) is 13.0 Å². The summed E-state index contributed by atoms with van der Waals surface area (Å²) < 4.78 is 0. The summed E-state index contributed by atoms with van der Waals surface area (Å²) >= 11 is 0. The third-order valence-electron chi connectivity index (χ3n) is 2.76. The predicted octanol–water partition coefficient (Wildman–Crippen LogP) is 2.31. The first-order valence-corrected chi connectivity index (χ1v) is 5.36. The largest absolute Gasteiger partial charge is 0.397 e. The van der Waals surface area contributed by atoms with Gasteiger partial charge in [-0.15, -0.1) is 0 Å². The lowest BCUT2D eigenvalue weighted by molar-refractivity contribution is 0.221. The van der Waals surface area contributed by atoms with Crippen molar-refractivity contribution in [1.82, 2.24) is 9.97 Å². The van der Waals surface area contributed by atoms with Crippen LogP contribution in [0.3, 0.4) is 0 Å². The number of pyridine rings is 1. The number of fused-ring (bicyclic) bond motifs is 1. The zero-order valence-corrected chi connectivity index (χ0v) is 9.64. The first-order chi connectivity index (χ1) is 8.17. The van der Waals surface area contributed by atoms with Crippen molar-refractivity contribution in [2.75, 3.05) is 5.73 Å². The molecule has 0 radical (unpaired) electrons. The number of hydrogen-bond donors (Lipinski definition) is 3. The molecule has 4 N–H and O–H groups in total. The number of nitrogen functional groups attached to an aromatic ring is 1. The molecule has 2 aromatic heterocycles. The summed E-state index contributed by atoms with van der Waals surface area (Å²) in [6.07, 6.45) is 6.09. The molecule has 2 aromatic rings. The standard InChI is InChI=1S/C13H15N3O/c1-3-8(4-2)12(17)11-7-16-13-10(11)5-9(14)6-15-13/h3-7,12,17H,1,14H2,2H3,(H,15,16). The van der Waals surface area contributed by atoms with Crippen LogP contribution in [0.4, 0.5) is 5.69 Å². The van der Waals surface area contributed by atoms with Gasteiger partial charge >= 0.3 is 0 Å². The van der Waals surface area contributed by atoms with Crippen molar-refractivity contribution < 1.29 is 5.11 Å². The molecule has 0 aliphatic carbocycles. The molecule has 88 valence electrons. The first kappa shape index (κ1) is 11.4. The molecule has 0 saturated carbocycles. The topological polar surface area (TPSA) is 74.9 Å². The summed E-state index contributed by atoms with van der Waals surface area (Å²) in [5.74, 6) is 0. The van der Waals surface area contributed by atoms with Gasteiger partial charge in [-0.1, -0.05) is 18.7 Å². The van der Waals surface area contributed by atoms with Crippen LogP contribution in [0.15, 0.2) is 42.8 Å². The van der Waals surface area contributed by atoms with Gasteiger partial charge in [0.1, 0.15) is 11.8 Å². The Morgan fingerprint density at radius 2 is 2.41 bits per heavy atom. The van der Waals surface area contributed by atoms with E-state index in [1.165, 1.54) is 0 Å². The average molecular weight is 229 g/mol. The number of nitrogens with two attached hydrogens (primary N) is 1. The molecule has 1 unspecified atom stereocenters. The third kappa shape index (κ3) is 1.94. The van der Waals surface area contributed by atoms with Crippen molar-refractivity contribution in [1.29, 1.82) is 0 Å². The molecule has 0 spiro atoms. The Labute approximate surface area is 99.5 Å². The Kier molecular flexibility index (Phi) is 2.97. The quantitative estimate of drug-likeness (QED) is 0.707. The molecule has 0 bridgehead atoms. The number of aromatic nitrogens is 2. The van der Waals surface area contributed by atoms with Crippen molar-refractivity contribution >= 4 is 16.7 Å². The second-order valence-corrected chi connectivity index (χ2v) is 3.80. The Balaban J connectivity index is 2.55. The van der Waals surface area contributed by atoms with E-state index in [9.17, 15) is 5.11 Å². The lowest BCUT2D eigenvalue weighted by atomic mass is 10.0. The van der Waals surface area contributed by atoms with Crippen molar-refractivity contribution in [2.24, 2.45) is 0 Å². The lowest BCUT2D eigenvalue weighted by Crippen LogP contribution is -1.98. The highest BCUT2D eigenvalue weighted by Gasteiger charge is 2.15. The van der Waals surface area contributed by atoms with Crippen LogP contribution in [0, 0.1) is 0 Å². The highest BCUT2D eigenvalue weighted by Crippen LogP contribution is 2.29. The molecule has 4 heteroatoms. The summed E-state index contributed by atoms with van der Waals surface area (Å²) in [5.41, 5.74) is 8.51. The molecule has 0 amide bonds.